The molecule has 4 aromatic rings. The molecular weight excluding hydrogens is 412 g/mol. The number of aromatic amines is 1. The summed E-state index contributed by atoms with van der Waals surface area (Å²) in [6.45, 7) is 1.84. The van der Waals surface area contributed by atoms with Crippen LogP contribution in [0.15, 0.2) is 71.7 Å². The van der Waals surface area contributed by atoms with E-state index in [1.165, 1.54) is 22.3 Å². The van der Waals surface area contributed by atoms with Crippen LogP contribution < -0.4 is 4.90 Å². The van der Waals surface area contributed by atoms with Crippen molar-refractivity contribution >= 4 is 45.4 Å². The van der Waals surface area contributed by atoms with Gasteiger partial charge in [-0.05, 0) is 42.1 Å². The van der Waals surface area contributed by atoms with E-state index in [2.05, 4.69) is 4.98 Å². The molecule has 2 aromatic carbocycles. The topological polar surface area (TPSA) is 93.6 Å². The summed E-state index contributed by atoms with van der Waals surface area (Å²) in [5, 5.41) is 24.3. The second-order valence-electron chi connectivity index (χ2n) is 7.42. The number of rotatable bonds is 3. The third kappa shape index (κ3) is 2.93. The Hall–Kier alpha value is -3.84. The molecule has 1 atom stereocenters. The molecule has 1 aliphatic rings. The molecule has 2 aromatic heterocycles. The minimum absolute atomic E-state index is 0.00175. The summed E-state index contributed by atoms with van der Waals surface area (Å²) in [4.78, 5) is 31.4. The molecule has 0 bridgehead atoms. The number of para-hydroxylation sites is 1. The number of amides is 1. The van der Waals surface area contributed by atoms with E-state index in [0.29, 0.717) is 10.4 Å². The monoisotopic (exact) mass is 430 g/mol. The average Bonchev–Trinajstić information content (AvgIpc) is 3.49. The third-order valence-corrected chi connectivity index (χ3v) is 6.42. The number of aromatic hydroxyl groups is 1. The second kappa shape index (κ2) is 7.14. The molecule has 1 amide bonds. The van der Waals surface area contributed by atoms with Crippen LogP contribution in [0.3, 0.4) is 0 Å². The average molecular weight is 430 g/mol. The number of aromatic nitrogens is 1. The summed E-state index contributed by atoms with van der Waals surface area (Å²) in [5.74, 6) is -1.94. The van der Waals surface area contributed by atoms with Gasteiger partial charge in [0.25, 0.3) is 11.7 Å². The predicted octanol–water partition coefficient (Wildman–Crippen LogP) is 4.87. The number of nitrogens with one attached hydrogen (secondary N) is 1. The first-order valence-corrected chi connectivity index (χ1v) is 10.6. The number of Topliss-reactive ketones (excluding diaryl/α,β-unsaturated/α-hetero) is 1. The number of fused-ring (bicyclic) bond motifs is 1. The fourth-order valence-corrected chi connectivity index (χ4v) is 4.86. The van der Waals surface area contributed by atoms with Crippen molar-refractivity contribution < 1.29 is 19.8 Å². The van der Waals surface area contributed by atoms with Gasteiger partial charge in [-0.3, -0.25) is 14.5 Å². The largest absolute Gasteiger partial charge is 0.507 e. The van der Waals surface area contributed by atoms with Gasteiger partial charge in [0.15, 0.2) is 0 Å². The van der Waals surface area contributed by atoms with Crippen LogP contribution in [0.1, 0.15) is 22.0 Å². The number of aliphatic hydroxyl groups is 1. The SMILES string of the molecule is Cc1ccc(O)c(N2C(=O)C(=O)/C(=C(\O)c3c[nH]c4ccccc34)C2c2cccs2)c1. The number of carbonyl (C=O) groups excluding carboxylic acids is 2. The maximum atomic E-state index is 13.2. The molecule has 1 saturated heterocycles. The van der Waals surface area contributed by atoms with E-state index in [-0.39, 0.29) is 22.8 Å². The highest BCUT2D eigenvalue weighted by atomic mass is 32.1. The quantitative estimate of drug-likeness (QED) is 0.246. The lowest BCUT2D eigenvalue weighted by atomic mass is 9.99. The molecule has 3 heterocycles. The smallest absolute Gasteiger partial charge is 0.300 e. The van der Waals surface area contributed by atoms with Crippen molar-refractivity contribution in [1.29, 1.82) is 0 Å². The summed E-state index contributed by atoms with van der Waals surface area (Å²) in [7, 11) is 0. The van der Waals surface area contributed by atoms with Gasteiger partial charge < -0.3 is 15.2 Å². The van der Waals surface area contributed by atoms with Gasteiger partial charge in [-0.1, -0.05) is 30.3 Å². The van der Waals surface area contributed by atoms with Crippen LogP contribution in [0.5, 0.6) is 5.75 Å². The molecule has 7 heteroatoms. The Morgan fingerprint density at radius 3 is 2.68 bits per heavy atom. The predicted molar refractivity (Wildman–Crippen MR) is 120 cm³/mol. The van der Waals surface area contributed by atoms with Crippen molar-refractivity contribution in [3.63, 3.8) is 0 Å². The highest BCUT2D eigenvalue weighted by Crippen LogP contribution is 2.46. The minimum atomic E-state index is -0.846. The number of aliphatic hydroxyl groups excluding tert-OH is 1. The van der Waals surface area contributed by atoms with Crippen LogP contribution in [0.25, 0.3) is 16.7 Å². The Bertz CT molecular complexity index is 1370. The molecule has 31 heavy (non-hydrogen) atoms. The lowest BCUT2D eigenvalue weighted by Crippen LogP contribution is -2.29. The summed E-state index contributed by atoms with van der Waals surface area (Å²) in [6, 6.07) is 15.1. The molecule has 1 aliphatic heterocycles. The number of phenolic OH excluding ortho intramolecular Hbond substituents is 1. The lowest BCUT2D eigenvalue weighted by molar-refractivity contribution is -0.132. The van der Waals surface area contributed by atoms with E-state index in [1.807, 2.05) is 48.7 Å². The number of carbonyl (C=O) groups is 2. The number of hydrogen-bond acceptors (Lipinski definition) is 5. The van der Waals surface area contributed by atoms with E-state index in [4.69, 9.17) is 0 Å². The number of aryl methyl sites for hydroxylation is 1. The number of thiophene rings is 1. The summed E-state index contributed by atoms with van der Waals surface area (Å²) in [5.41, 5.74) is 2.32. The van der Waals surface area contributed by atoms with Crippen molar-refractivity contribution in [3.8, 4) is 5.75 Å². The van der Waals surface area contributed by atoms with Crippen molar-refractivity contribution in [2.24, 2.45) is 0 Å². The first-order valence-electron chi connectivity index (χ1n) is 9.68. The van der Waals surface area contributed by atoms with Crippen LogP contribution in [0.2, 0.25) is 0 Å². The Kier molecular flexibility index (Phi) is 4.41. The van der Waals surface area contributed by atoms with Crippen molar-refractivity contribution in [1.82, 2.24) is 4.98 Å². The van der Waals surface area contributed by atoms with Gasteiger partial charge in [-0.2, -0.15) is 0 Å². The summed E-state index contributed by atoms with van der Waals surface area (Å²) < 4.78 is 0. The number of hydrogen-bond donors (Lipinski definition) is 3. The van der Waals surface area contributed by atoms with E-state index < -0.39 is 17.7 Å². The number of nitrogens with zero attached hydrogens (tertiary/aromatic N) is 1. The van der Waals surface area contributed by atoms with Crippen LogP contribution >= 0.6 is 11.3 Å². The van der Waals surface area contributed by atoms with Gasteiger partial charge in [-0.25, -0.2) is 0 Å². The van der Waals surface area contributed by atoms with Crippen molar-refractivity contribution in [3.05, 3.63) is 87.8 Å². The van der Waals surface area contributed by atoms with E-state index >= 15 is 0 Å². The summed E-state index contributed by atoms with van der Waals surface area (Å²) in [6.07, 6.45) is 1.63. The van der Waals surface area contributed by atoms with Crippen molar-refractivity contribution in [2.45, 2.75) is 13.0 Å². The fourth-order valence-electron chi connectivity index (χ4n) is 4.04. The Morgan fingerprint density at radius 1 is 1.10 bits per heavy atom. The number of H-pyrrole nitrogens is 1. The minimum Gasteiger partial charge on any atom is -0.507 e. The van der Waals surface area contributed by atoms with Crippen LogP contribution in [-0.4, -0.2) is 26.9 Å². The molecule has 154 valence electrons. The Labute approximate surface area is 181 Å². The van der Waals surface area contributed by atoms with E-state index in [1.54, 1.807) is 18.3 Å². The molecule has 6 nitrogen and oxygen atoms in total. The number of ketones is 1. The molecule has 1 fully saturated rings. The molecule has 0 aliphatic carbocycles. The maximum absolute atomic E-state index is 13.2. The number of benzene rings is 2. The highest BCUT2D eigenvalue weighted by molar-refractivity contribution is 7.10. The molecule has 5 rings (SSSR count). The third-order valence-electron chi connectivity index (χ3n) is 5.49. The van der Waals surface area contributed by atoms with Gasteiger partial charge in [0.1, 0.15) is 17.6 Å². The molecule has 1 unspecified atom stereocenters. The molecule has 0 saturated carbocycles. The van der Waals surface area contributed by atoms with Gasteiger partial charge in [0.2, 0.25) is 0 Å². The standard InChI is InChI=1S/C24H18N2O4S/c1-13-8-9-18(27)17(11-13)26-21(19-7-4-10-31-19)20(23(29)24(26)30)22(28)15-12-25-16-6-3-2-5-14(15)16/h2-12,21,25,27-28H,1H3/b22-20-. The summed E-state index contributed by atoms with van der Waals surface area (Å²) >= 11 is 1.37. The van der Waals surface area contributed by atoms with Crippen LogP contribution in [0.4, 0.5) is 5.69 Å². The van der Waals surface area contributed by atoms with Gasteiger partial charge >= 0.3 is 0 Å². The first-order chi connectivity index (χ1) is 15.0. The fraction of sp³-hybridized carbons (Fsp3) is 0.0833. The van der Waals surface area contributed by atoms with Crippen LogP contribution in [0, 0.1) is 6.92 Å². The highest BCUT2D eigenvalue weighted by Gasteiger charge is 2.48. The zero-order valence-corrected chi connectivity index (χ0v) is 17.3. The second-order valence-corrected chi connectivity index (χ2v) is 8.40. The number of anilines is 1. The Balaban J connectivity index is 1.77. The van der Waals surface area contributed by atoms with Crippen molar-refractivity contribution in [2.75, 3.05) is 4.90 Å². The zero-order chi connectivity index (χ0) is 21.7. The van der Waals surface area contributed by atoms with Crippen LogP contribution in [-0.2, 0) is 9.59 Å². The molecule has 0 spiro atoms. The van der Waals surface area contributed by atoms with E-state index in [9.17, 15) is 19.8 Å². The molecule has 0 radical (unpaired) electrons. The zero-order valence-electron chi connectivity index (χ0n) is 16.5. The maximum Gasteiger partial charge on any atom is 0.300 e. The molecule has 3 N–H and O–H groups in total. The van der Waals surface area contributed by atoms with Gasteiger partial charge in [0.05, 0.1) is 11.3 Å². The Morgan fingerprint density at radius 2 is 1.90 bits per heavy atom. The first kappa shape index (κ1) is 19.1. The van der Waals surface area contributed by atoms with E-state index in [0.717, 1.165) is 16.5 Å². The lowest BCUT2D eigenvalue weighted by Gasteiger charge is -2.25. The normalized spacial score (nSPS) is 18.2. The number of phenols is 1. The van der Waals surface area contributed by atoms with Gasteiger partial charge in [-0.15, -0.1) is 11.3 Å². The van der Waals surface area contributed by atoms with Gasteiger partial charge in [0, 0.05) is 27.5 Å². The molecular formula is C24H18N2O4S.